The largest absolute Gasteiger partial charge is 0.308 e. The van der Waals surface area contributed by atoms with E-state index in [1.807, 2.05) is 22.7 Å². The fourth-order valence-corrected chi connectivity index (χ4v) is 16.1. The molecule has 0 atom stereocenters. The zero-order valence-electron chi connectivity index (χ0n) is 41.9. The van der Waals surface area contributed by atoms with Crippen LogP contribution in [0.5, 0.6) is 0 Å². The second-order valence-corrected chi connectivity index (χ2v) is 22.8. The average Bonchev–Trinajstić information content (AvgIpc) is 4.54. The maximum absolute atomic E-state index is 2.59. The number of fused-ring (bicyclic) bond motifs is 18. The molecule has 0 saturated heterocycles. The van der Waals surface area contributed by atoms with Crippen molar-refractivity contribution in [3.8, 4) is 33.9 Å². The molecule has 362 valence electrons. The van der Waals surface area contributed by atoms with Gasteiger partial charge in [-0.1, -0.05) is 182 Å². The van der Waals surface area contributed by atoms with Crippen LogP contribution in [0.4, 0.5) is 0 Å². The highest BCUT2D eigenvalue weighted by molar-refractivity contribution is 7.26. The van der Waals surface area contributed by atoms with Crippen LogP contribution in [-0.4, -0.2) is 18.3 Å². The van der Waals surface area contributed by atoms with E-state index in [4.69, 9.17) is 0 Å². The molecule has 0 unspecified atom stereocenters. The molecule has 0 radical (unpaired) electrons. The molecular formula is C72H42N4S2. The van der Waals surface area contributed by atoms with E-state index in [0.717, 1.165) is 33.5 Å². The van der Waals surface area contributed by atoms with Crippen LogP contribution in [0.1, 0.15) is 0 Å². The summed E-state index contributed by atoms with van der Waals surface area (Å²) in [7, 11) is 0. The van der Waals surface area contributed by atoms with Gasteiger partial charge >= 0.3 is 0 Å². The summed E-state index contributed by atoms with van der Waals surface area (Å²) >= 11 is 3.77. The highest BCUT2D eigenvalue weighted by Crippen LogP contribution is 2.51. The van der Waals surface area contributed by atoms with E-state index in [0.29, 0.717) is 0 Å². The third-order valence-electron chi connectivity index (χ3n) is 16.8. The molecule has 0 aliphatic heterocycles. The monoisotopic (exact) mass is 1030 g/mol. The Hall–Kier alpha value is -9.72. The molecule has 78 heavy (non-hydrogen) atoms. The summed E-state index contributed by atoms with van der Waals surface area (Å²) in [6.07, 6.45) is 0. The molecule has 0 spiro atoms. The molecular weight excluding hydrogens is 985 g/mol. The van der Waals surface area contributed by atoms with Crippen LogP contribution >= 0.6 is 22.7 Å². The van der Waals surface area contributed by atoms with Gasteiger partial charge in [0.05, 0.1) is 76.3 Å². The Kier molecular flexibility index (Phi) is 8.67. The summed E-state index contributed by atoms with van der Waals surface area (Å²) in [5.74, 6) is 0. The third kappa shape index (κ3) is 5.62. The molecule has 0 amide bonds. The predicted molar refractivity (Wildman–Crippen MR) is 335 cm³/mol. The average molecular weight is 1030 g/mol. The van der Waals surface area contributed by atoms with E-state index in [-0.39, 0.29) is 0 Å². The lowest BCUT2D eigenvalue weighted by atomic mass is 9.95. The number of para-hydroxylation sites is 6. The standard InChI is InChI=1S/C72H42N4S2/c1-9-29-55-43(19-1)44-20-2-10-30-56(44)75(55)69-49(39-41-61-67(69)53-25-5-13-33-59(53)73(61)63-35-17-27-51-47-23-7-15-37-65(47)77-71(51)63)50-40-42-62-68(70(50)76-57-31-11-3-21-45(57)46-22-4-12-32-58(46)76)54-26-6-14-34-60(54)74(62)64-36-18-28-52-48-24-8-16-38-66(48)78-72(52)64/h1-42H. The van der Waals surface area contributed by atoms with Gasteiger partial charge in [0.2, 0.25) is 0 Å². The van der Waals surface area contributed by atoms with Gasteiger partial charge in [-0.05, 0) is 72.8 Å². The smallest absolute Gasteiger partial charge is 0.0641 e. The van der Waals surface area contributed by atoms with Gasteiger partial charge in [0.1, 0.15) is 0 Å². The number of hydrogen-bond donors (Lipinski definition) is 0. The molecule has 0 saturated carbocycles. The summed E-state index contributed by atoms with van der Waals surface area (Å²) in [4.78, 5) is 0. The Morgan fingerprint density at radius 2 is 0.500 bits per heavy atom. The van der Waals surface area contributed by atoms with E-state index in [2.05, 4.69) is 273 Å². The normalized spacial score (nSPS) is 12.4. The van der Waals surface area contributed by atoms with E-state index < -0.39 is 0 Å². The molecule has 0 N–H and O–H groups in total. The zero-order valence-corrected chi connectivity index (χ0v) is 43.5. The molecule has 6 heteroatoms. The van der Waals surface area contributed by atoms with Gasteiger partial charge in [-0.25, -0.2) is 0 Å². The molecule has 0 aliphatic carbocycles. The molecule has 6 heterocycles. The Morgan fingerprint density at radius 1 is 0.205 bits per heavy atom. The van der Waals surface area contributed by atoms with Crippen molar-refractivity contribution in [2.75, 3.05) is 0 Å². The highest BCUT2D eigenvalue weighted by atomic mass is 32.1. The van der Waals surface area contributed by atoms with Gasteiger partial charge in [-0.2, -0.15) is 0 Å². The van der Waals surface area contributed by atoms with Crippen molar-refractivity contribution in [2.24, 2.45) is 0 Å². The van der Waals surface area contributed by atoms with Gasteiger partial charge in [0.15, 0.2) is 0 Å². The minimum atomic E-state index is 1.15. The second kappa shape index (κ2) is 15.9. The Bertz CT molecular complexity index is 5140. The molecule has 18 aromatic rings. The van der Waals surface area contributed by atoms with Crippen LogP contribution in [0, 0.1) is 0 Å². The first-order valence-electron chi connectivity index (χ1n) is 26.7. The quantitative estimate of drug-likeness (QED) is 0.164. The van der Waals surface area contributed by atoms with Gasteiger partial charge < -0.3 is 18.3 Å². The van der Waals surface area contributed by atoms with Crippen LogP contribution in [-0.2, 0) is 0 Å². The summed E-state index contributed by atoms with van der Waals surface area (Å²) in [6.45, 7) is 0. The maximum Gasteiger partial charge on any atom is 0.0641 e. The van der Waals surface area contributed by atoms with Gasteiger partial charge in [-0.3, -0.25) is 0 Å². The minimum Gasteiger partial charge on any atom is -0.308 e. The van der Waals surface area contributed by atoms with Crippen molar-refractivity contribution in [1.82, 2.24) is 18.3 Å². The minimum absolute atomic E-state index is 1.15. The fourth-order valence-electron chi connectivity index (χ4n) is 13.6. The SMILES string of the molecule is c1ccc2c(c1)sc1c(-n3c4ccccc4c4c(-n5c6ccccc6c6ccccc65)c(-c5ccc6c(c5-n5c7ccccc7c7ccccc75)c5ccccc5n6-c5cccc6c5sc5ccccc56)ccc43)cccc12. The van der Waals surface area contributed by atoms with E-state index in [1.165, 1.54) is 128 Å². The summed E-state index contributed by atoms with van der Waals surface area (Å²) in [5.41, 5.74) is 16.3. The van der Waals surface area contributed by atoms with E-state index >= 15 is 0 Å². The zero-order chi connectivity index (χ0) is 50.7. The van der Waals surface area contributed by atoms with Gasteiger partial charge in [0, 0.05) is 85.2 Å². The second-order valence-electron chi connectivity index (χ2n) is 20.7. The molecule has 0 fully saturated rings. The first-order chi connectivity index (χ1) is 38.8. The molecule has 18 rings (SSSR count). The number of benzene rings is 12. The van der Waals surface area contributed by atoms with Crippen molar-refractivity contribution < 1.29 is 0 Å². The fraction of sp³-hybridized carbons (Fsp3) is 0. The van der Waals surface area contributed by atoms with Crippen molar-refractivity contribution in [1.29, 1.82) is 0 Å². The van der Waals surface area contributed by atoms with Crippen molar-refractivity contribution in [3.05, 3.63) is 255 Å². The van der Waals surface area contributed by atoms with Crippen molar-refractivity contribution in [2.45, 2.75) is 0 Å². The number of aromatic nitrogens is 4. The van der Waals surface area contributed by atoms with Crippen LogP contribution in [0.2, 0.25) is 0 Å². The highest BCUT2D eigenvalue weighted by Gasteiger charge is 2.29. The number of thiophene rings is 2. The van der Waals surface area contributed by atoms with Gasteiger partial charge in [-0.15, -0.1) is 22.7 Å². The predicted octanol–water partition coefficient (Wildman–Crippen LogP) is 20.5. The van der Waals surface area contributed by atoms with E-state index in [9.17, 15) is 0 Å². The summed E-state index contributed by atoms with van der Waals surface area (Å²) < 4.78 is 15.4. The number of nitrogens with zero attached hydrogens (tertiary/aromatic N) is 4. The topological polar surface area (TPSA) is 19.7 Å². The number of rotatable bonds is 5. The van der Waals surface area contributed by atoms with Crippen molar-refractivity contribution in [3.63, 3.8) is 0 Å². The Morgan fingerprint density at radius 3 is 0.872 bits per heavy atom. The molecule has 12 aromatic carbocycles. The lowest BCUT2D eigenvalue weighted by Crippen LogP contribution is -2.04. The van der Waals surface area contributed by atoms with Crippen LogP contribution in [0.25, 0.3) is 161 Å². The molecule has 4 nitrogen and oxygen atoms in total. The lowest BCUT2D eigenvalue weighted by molar-refractivity contribution is 1.17. The first-order valence-corrected chi connectivity index (χ1v) is 28.3. The van der Waals surface area contributed by atoms with Gasteiger partial charge in [0.25, 0.3) is 0 Å². The summed E-state index contributed by atoms with van der Waals surface area (Å²) in [5, 5.41) is 14.9. The molecule has 6 aromatic heterocycles. The van der Waals surface area contributed by atoms with Crippen LogP contribution in [0.3, 0.4) is 0 Å². The Labute approximate surface area is 454 Å². The Balaban J connectivity index is 1.05. The summed E-state index contributed by atoms with van der Waals surface area (Å²) in [6, 6.07) is 95.2. The van der Waals surface area contributed by atoms with Crippen LogP contribution in [0.15, 0.2) is 255 Å². The number of hydrogen-bond acceptors (Lipinski definition) is 2. The maximum atomic E-state index is 2.59. The van der Waals surface area contributed by atoms with Crippen molar-refractivity contribution >= 4 is 150 Å². The van der Waals surface area contributed by atoms with E-state index in [1.54, 1.807) is 0 Å². The first kappa shape index (κ1) is 42.5. The molecule has 0 aliphatic rings. The molecule has 0 bridgehead atoms. The van der Waals surface area contributed by atoms with Crippen LogP contribution < -0.4 is 0 Å². The third-order valence-corrected chi connectivity index (χ3v) is 19.2. The lowest BCUT2D eigenvalue weighted by Gasteiger charge is -2.21.